The number of hydrogen-bond donors (Lipinski definition) is 2. The van der Waals surface area contributed by atoms with Crippen molar-refractivity contribution in [3.8, 4) is 0 Å². The second-order valence-electron chi connectivity index (χ2n) is 4.39. The molecule has 0 spiro atoms. The molecule has 0 bridgehead atoms. The average Bonchev–Trinajstić information content (AvgIpc) is 2.35. The molecule has 0 saturated carbocycles. The lowest BCUT2D eigenvalue weighted by molar-refractivity contribution is -0.120. The molecule has 0 aliphatic carbocycles. The van der Waals surface area contributed by atoms with Crippen LogP contribution in [-0.2, 0) is 4.79 Å². The molecule has 1 unspecified atom stereocenters. The molecule has 1 amide bonds. The van der Waals surface area contributed by atoms with E-state index in [9.17, 15) is 4.79 Å². The Hall–Kier alpha value is -1.16. The summed E-state index contributed by atoms with van der Waals surface area (Å²) in [6.07, 6.45) is 2.11. The molecule has 0 saturated heterocycles. The molecular formula is C14H22N2OS. The van der Waals surface area contributed by atoms with Crippen LogP contribution in [0.5, 0.6) is 0 Å². The summed E-state index contributed by atoms with van der Waals surface area (Å²) in [5.74, 6) is 0.0781. The number of rotatable bonds is 6. The summed E-state index contributed by atoms with van der Waals surface area (Å²) in [6.45, 7) is 6.75. The van der Waals surface area contributed by atoms with Crippen LogP contribution in [0.3, 0.4) is 0 Å². The van der Waals surface area contributed by atoms with Crippen LogP contribution < -0.4 is 11.1 Å². The van der Waals surface area contributed by atoms with Crippen LogP contribution in [0.25, 0.3) is 0 Å². The van der Waals surface area contributed by atoms with Gasteiger partial charge in [0.25, 0.3) is 0 Å². The van der Waals surface area contributed by atoms with Crippen LogP contribution in [0.15, 0.2) is 23.1 Å². The van der Waals surface area contributed by atoms with Crippen molar-refractivity contribution in [2.75, 3.05) is 12.3 Å². The Bertz CT molecular complexity index is 407. The zero-order valence-corrected chi connectivity index (χ0v) is 12.1. The van der Waals surface area contributed by atoms with Gasteiger partial charge in [0.15, 0.2) is 0 Å². The summed E-state index contributed by atoms with van der Waals surface area (Å²) in [5.41, 5.74) is 7.83. The number of para-hydroxylation sites is 1. The van der Waals surface area contributed by atoms with Gasteiger partial charge >= 0.3 is 0 Å². The van der Waals surface area contributed by atoms with Gasteiger partial charge in [0, 0.05) is 17.1 Å². The maximum Gasteiger partial charge on any atom is 0.233 e. The lowest BCUT2D eigenvalue weighted by Gasteiger charge is -2.14. The fourth-order valence-electron chi connectivity index (χ4n) is 1.53. The van der Waals surface area contributed by atoms with Gasteiger partial charge in [-0.15, -0.1) is 11.8 Å². The molecule has 100 valence electrons. The molecular weight excluding hydrogens is 244 g/mol. The van der Waals surface area contributed by atoms with E-state index in [0.717, 1.165) is 35.5 Å². The Kier molecular flexibility index (Phi) is 6.05. The number of thioether (sulfide) groups is 1. The first-order valence-electron chi connectivity index (χ1n) is 6.35. The highest BCUT2D eigenvalue weighted by molar-refractivity contribution is 8.00. The molecule has 1 aromatic carbocycles. The average molecular weight is 266 g/mol. The Morgan fingerprint density at radius 3 is 2.89 bits per heavy atom. The van der Waals surface area contributed by atoms with Crippen LogP contribution in [0.4, 0.5) is 5.69 Å². The van der Waals surface area contributed by atoms with Crippen molar-refractivity contribution in [3.63, 3.8) is 0 Å². The number of carbonyl (C=O) groups excluding carboxylic acids is 1. The number of amides is 1. The van der Waals surface area contributed by atoms with Crippen molar-refractivity contribution in [1.82, 2.24) is 5.32 Å². The number of nitrogen functional groups attached to an aromatic ring is 1. The molecule has 1 aromatic rings. The summed E-state index contributed by atoms with van der Waals surface area (Å²) in [7, 11) is 0. The predicted octanol–water partition coefficient (Wildman–Crippen LogP) is 2.97. The molecule has 3 N–H and O–H groups in total. The van der Waals surface area contributed by atoms with Gasteiger partial charge in [-0.25, -0.2) is 0 Å². The molecule has 0 aliphatic rings. The van der Waals surface area contributed by atoms with Gasteiger partial charge in [0.05, 0.1) is 5.25 Å². The van der Waals surface area contributed by atoms with E-state index >= 15 is 0 Å². The van der Waals surface area contributed by atoms with Crippen molar-refractivity contribution >= 4 is 23.4 Å². The number of nitrogens with two attached hydrogens (primary N) is 1. The number of unbranched alkanes of at least 4 members (excludes halogenated alkanes) is 1. The van der Waals surface area contributed by atoms with E-state index < -0.39 is 0 Å². The molecule has 0 aliphatic heterocycles. The number of benzene rings is 1. The highest BCUT2D eigenvalue weighted by atomic mass is 32.2. The first kappa shape index (κ1) is 14.9. The number of carbonyl (C=O) groups is 1. The van der Waals surface area contributed by atoms with E-state index in [1.807, 2.05) is 32.0 Å². The van der Waals surface area contributed by atoms with Crippen molar-refractivity contribution in [2.45, 2.75) is 43.8 Å². The van der Waals surface area contributed by atoms with E-state index in [1.165, 1.54) is 11.8 Å². The van der Waals surface area contributed by atoms with E-state index in [1.54, 1.807) is 0 Å². The third-order valence-electron chi connectivity index (χ3n) is 2.79. The third-order valence-corrected chi connectivity index (χ3v) is 3.96. The topological polar surface area (TPSA) is 55.1 Å². The maximum absolute atomic E-state index is 11.8. The molecule has 4 heteroatoms. The van der Waals surface area contributed by atoms with Crippen molar-refractivity contribution in [2.24, 2.45) is 0 Å². The van der Waals surface area contributed by atoms with Crippen molar-refractivity contribution < 1.29 is 4.79 Å². The van der Waals surface area contributed by atoms with Gasteiger partial charge < -0.3 is 11.1 Å². The zero-order chi connectivity index (χ0) is 13.5. The van der Waals surface area contributed by atoms with E-state index in [2.05, 4.69) is 12.2 Å². The van der Waals surface area contributed by atoms with Gasteiger partial charge in [0.2, 0.25) is 5.91 Å². The monoisotopic (exact) mass is 266 g/mol. The Morgan fingerprint density at radius 1 is 1.50 bits per heavy atom. The maximum atomic E-state index is 11.8. The quantitative estimate of drug-likeness (QED) is 0.473. The Labute approximate surface area is 114 Å². The highest BCUT2D eigenvalue weighted by Gasteiger charge is 2.15. The summed E-state index contributed by atoms with van der Waals surface area (Å²) >= 11 is 1.51. The number of anilines is 1. The van der Waals surface area contributed by atoms with Gasteiger partial charge in [-0.05, 0) is 31.9 Å². The zero-order valence-electron chi connectivity index (χ0n) is 11.3. The minimum Gasteiger partial charge on any atom is -0.398 e. The summed E-state index contributed by atoms with van der Waals surface area (Å²) < 4.78 is 0. The molecule has 0 aromatic heterocycles. The van der Waals surface area contributed by atoms with Crippen molar-refractivity contribution in [3.05, 3.63) is 23.8 Å². The van der Waals surface area contributed by atoms with Gasteiger partial charge in [-0.3, -0.25) is 4.79 Å². The van der Waals surface area contributed by atoms with Crippen LogP contribution in [0.2, 0.25) is 0 Å². The number of hydrogen-bond acceptors (Lipinski definition) is 3. The van der Waals surface area contributed by atoms with E-state index in [4.69, 9.17) is 5.73 Å². The first-order valence-corrected chi connectivity index (χ1v) is 7.23. The minimum atomic E-state index is -0.119. The van der Waals surface area contributed by atoms with Gasteiger partial charge in [-0.1, -0.05) is 25.5 Å². The minimum absolute atomic E-state index is 0.0781. The molecule has 0 fully saturated rings. The van der Waals surface area contributed by atoms with Crippen LogP contribution in [-0.4, -0.2) is 17.7 Å². The molecule has 3 nitrogen and oxygen atoms in total. The van der Waals surface area contributed by atoms with Crippen LogP contribution in [0, 0.1) is 6.92 Å². The van der Waals surface area contributed by atoms with E-state index in [-0.39, 0.29) is 11.2 Å². The Morgan fingerprint density at radius 2 is 2.22 bits per heavy atom. The SMILES string of the molecule is CCCCNC(=O)C(C)Sc1cccc(C)c1N. The molecule has 0 heterocycles. The summed E-state index contributed by atoms with van der Waals surface area (Å²) in [5, 5.41) is 2.82. The Balaban J connectivity index is 2.56. The predicted molar refractivity (Wildman–Crippen MR) is 78.8 cm³/mol. The lowest BCUT2D eigenvalue weighted by Crippen LogP contribution is -2.31. The number of aryl methyl sites for hydroxylation is 1. The van der Waals surface area contributed by atoms with Gasteiger partial charge in [-0.2, -0.15) is 0 Å². The van der Waals surface area contributed by atoms with E-state index in [0.29, 0.717) is 0 Å². The summed E-state index contributed by atoms with van der Waals surface area (Å²) in [4.78, 5) is 12.8. The molecule has 0 radical (unpaired) electrons. The molecule has 1 rings (SSSR count). The first-order chi connectivity index (χ1) is 8.56. The second-order valence-corrected chi connectivity index (χ2v) is 5.77. The fraction of sp³-hybridized carbons (Fsp3) is 0.500. The fourth-order valence-corrected chi connectivity index (χ4v) is 2.55. The summed E-state index contributed by atoms with van der Waals surface area (Å²) in [6, 6.07) is 5.91. The standard InChI is InChI=1S/C14H22N2OS/c1-4-5-9-16-14(17)11(3)18-12-8-6-7-10(2)13(12)15/h6-8,11H,4-5,9,15H2,1-3H3,(H,16,17). The van der Waals surface area contributed by atoms with Crippen molar-refractivity contribution in [1.29, 1.82) is 0 Å². The largest absolute Gasteiger partial charge is 0.398 e. The lowest BCUT2D eigenvalue weighted by atomic mass is 10.2. The van der Waals surface area contributed by atoms with Crippen LogP contribution >= 0.6 is 11.8 Å². The van der Waals surface area contributed by atoms with Crippen LogP contribution in [0.1, 0.15) is 32.3 Å². The second kappa shape index (κ2) is 7.31. The number of nitrogens with one attached hydrogen (secondary N) is 1. The molecule has 18 heavy (non-hydrogen) atoms. The molecule has 1 atom stereocenters. The highest BCUT2D eigenvalue weighted by Crippen LogP contribution is 2.30. The smallest absolute Gasteiger partial charge is 0.233 e. The van der Waals surface area contributed by atoms with Gasteiger partial charge in [0.1, 0.15) is 0 Å². The third kappa shape index (κ3) is 4.26. The normalized spacial score (nSPS) is 12.2.